The lowest BCUT2D eigenvalue weighted by atomic mass is 10.2. The monoisotopic (exact) mass is 325 g/mol. The maximum absolute atomic E-state index is 8.77. The Balaban J connectivity index is 2.70. The SMILES string of the molecule is CN(CCO)Cc1cc(Cl)ccc1I. The minimum Gasteiger partial charge on any atom is -0.395 e. The third-order valence-electron chi connectivity index (χ3n) is 1.93. The van der Waals surface area contributed by atoms with Gasteiger partial charge < -0.3 is 5.11 Å². The van der Waals surface area contributed by atoms with E-state index in [2.05, 4.69) is 27.5 Å². The van der Waals surface area contributed by atoms with Crippen LogP contribution in [0.5, 0.6) is 0 Å². The molecule has 1 aromatic carbocycles. The lowest BCUT2D eigenvalue weighted by molar-refractivity contribution is 0.217. The largest absolute Gasteiger partial charge is 0.395 e. The molecule has 4 heteroatoms. The first kappa shape index (κ1) is 12.2. The summed E-state index contributed by atoms with van der Waals surface area (Å²) < 4.78 is 1.21. The Hall–Kier alpha value is 0.160. The Morgan fingerprint density at radius 3 is 2.86 bits per heavy atom. The van der Waals surface area contributed by atoms with Crippen LogP contribution in [-0.4, -0.2) is 30.2 Å². The van der Waals surface area contributed by atoms with Gasteiger partial charge in [-0.15, -0.1) is 0 Å². The molecular weight excluding hydrogens is 312 g/mol. The number of halogens is 2. The molecule has 0 aliphatic heterocycles. The highest BCUT2D eigenvalue weighted by molar-refractivity contribution is 14.1. The molecule has 0 spiro atoms. The molecule has 1 N–H and O–H groups in total. The van der Waals surface area contributed by atoms with Crippen molar-refractivity contribution in [2.45, 2.75) is 6.54 Å². The van der Waals surface area contributed by atoms with Gasteiger partial charge in [0.25, 0.3) is 0 Å². The summed E-state index contributed by atoms with van der Waals surface area (Å²) in [4.78, 5) is 2.06. The Morgan fingerprint density at radius 1 is 1.50 bits per heavy atom. The van der Waals surface area contributed by atoms with E-state index in [1.54, 1.807) is 0 Å². The van der Waals surface area contributed by atoms with Gasteiger partial charge >= 0.3 is 0 Å². The van der Waals surface area contributed by atoms with E-state index < -0.39 is 0 Å². The van der Waals surface area contributed by atoms with Crippen LogP contribution in [0.25, 0.3) is 0 Å². The number of aliphatic hydroxyl groups excluding tert-OH is 1. The van der Waals surface area contributed by atoms with Gasteiger partial charge in [0, 0.05) is 21.7 Å². The topological polar surface area (TPSA) is 23.5 Å². The number of benzene rings is 1. The second-order valence-electron chi connectivity index (χ2n) is 3.20. The molecule has 0 aliphatic rings. The fourth-order valence-corrected chi connectivity index (χ4v) is 1.91. The molecule has 0 aromatic heterocycles. The summed E-state index contributed by atoms with van der Waals surface area (Å²) in [6, 6.07) is 5.86. The lowest BCUT2D eigenvalue weighted by Crippen LogP contribution is -2.21. The van der Waals surface area contributed by atoms with Crippen LogP contribution in [0.4, 0.5) is 0 Å². The van der Waals surface area contributed by atoms with Gasteiger partial charge in [-0.25, -0.2) is 0 Å². The predicted molar refractivity (Wildman–Crippen MR) is 67.6 cm³/mol. The van der Waals surface area contributed by atoms with E-state index in [1.807, 2.05) is 25.2 Å². The van der Waals surface area contributed by atoms with Crippen molar-refractivity contribution in [3.63, 3.8) is 0 Å². The second-order valence-corrected chi connectivity index (χ2v) is 4.80. The van der Waals surface area contributed by atoms with Crippen LogP contribution in [0.2, 0.25) is 5.02 Å². The molecule has 0 bridgehead atoms. The average molecular weight is 326 g/mol. The molecule has 0 heterocycles. The summed E-state index contributed by atoms with van der Waals surface area (Å²) >= 11 is 8.20. The third kappa shape index (κ3) is 3.73. The van der Waals surface area contributed by atoms with Crippen LogP contribution in [0, 0.1) is 3.57 Å². The van der Waals surface area contributed by atoms with Crippen molar-refractivity contribution in [1.82, 2.24) is 4.90 Å². The summed E-state index contributed by atoms with van der Waals surface area (Å²) in [6.45, 7) is 1.69. The van der Waals surface area contributed by atoms with Crippen molar-refractivity contribution in [3.8, 4) is 0 Å². The smallest absolute Gasteiger partial charge is 0.0558 e. The highest BCUT2D eigenvalue weighted by Crippen LogP contribution is 2.18. The maximum Gasteiger partial charge on any atom is 0.0558 e. The van der Waals surface area contributed by atoms with Crippen molar-refractivity contribution in [3.05, 3.63) is 32.4 Å². The van der Waals surface area contributed by atoms with Crippen molar-refractivity contribution in [1.29, 1.82) is 0 Å². The third-order valence-corrected chi connectivity index (χ3v) is 3.22. The highest BCUT2D eigenvalue weighted by atomic mass is 127. The molecular formula is C10H13ClINO. The highest BCUT2D eigenvalue weighted by Gasteiger charge is 2.04. The lowest BCUT2D eigenvalue weighted by Gasteiger charge is -2.16. The minimum atomic E-state index is 0.188. The standard InChI is InChI=1S/C10H13ClINO/c1-13(4-5-14)7-8-6-9(11)2-3-10(8)12/h2-3,6,14H,4-5,7H2,1H3. The van der Waals surface area contributed by atoms with Gasteiger partial charge in [-0.1, -0.05) is 11.6 Å². The first-order valence-electron chi connectivity index (χ1n) is 4.37. The van der Waals surface area contributed by atoms with Crippen molar-refractivity contribution < 1.29 is 5.11 Å². The number of likely N-dealkylation sites (N-methyl/N-ethyl adjacent to an activating group) is 1. The number of hydrogen-bond donors (Lipinski definition) is 1. The number of rotatable bonds is 4. The molecule has 0 atom stereocenters. The Labute approximate surface area is 103 Å². The molecule has 0 saturated heterocycles. The van der Waals surface area contributed by atoms with Crippen LogP contribution in [0.3, 0.4) is 0 Å². The van der Waals surface area contributed by atoms with Crippen molar-refractivity contribution >= 4 is 34.2 Å². The molecule has 78 valence electrons. The fourth-order valence-electron chi connectivity index (χ4n) is 1.21. The van der Waals surface area contributed by atoms with Crippen LogP contribution >= 0.6 is 34.2 Å². The summed E-state index contributed by atoms with van der Waals surface area (Å²) in [7, 11) is 1.98. The Kier molecular flexibility index (Phi) is 5.15. The predicted octanol–water partition coefficient (Wildman–Crippen LogP) is 2.37. The maximum atomic E-state index is 8.77. The van der Waals surface area contributed by atoms with E-state index >= 15 is 0 Å². The summed E-state index contributed by atoms with van der Waals surface area (Å²) in [5.41, 5.74) is 1.20. The van der Waals surface area contributed by atoms with Gasteiger partial charge in [0.2, 0.25) is 0 Å². The average Bonchev–Trinajstić information content (AvgIpc) is 2.12. The zero-order chi connectivity index (χ0) is 10.6. The summed E-state index contributed by atoms with van der Waals surface area (Å²) in [6.07, 6.45) is 0. The molecule has 0 saturated carbocycles. The quantitative estimate of drug-likeness (QED) is 0.859. The zero-order valence-electron chi connectivity index (χ0n) is 8.00. The van der Waals surface area contributed by atoms with Gasteiger partial charge in [-0.3, -0.25) is 4.90 Å². The molecule has 0 radical (unpaired) electrons. The normalized spacial score (nSPS) is 10.9. The van der Waals surface area contributed by atoms with Crippen LogP contribution in [-0.2, 0) is 6.54 Å². The van der Waals surface area contributed by atoms with E-state index in [-0.39, 0.29) is 6.61 Å². The van der Waals surface area contributed by atoms with Crippen molar-refractivity contribution in [2.24, 2.45) is 0 Å². The first-order chi connectivity index (χ1) is 6.63. The van der Waals surface area contributed by atoms with E-state index in [9.17, 15) is 0 Å². The number of hydrogen-bond acceptors (Lipinski definition) is 2. The van der Waals surface area contributed by atoms with E-state index in [1.165, 1.54) is 9.13 Å². The van der Waals surface area contributed by atoms with E-state index in [4.69, 9.17) is 16.7 Å². The van der Waals surface area contributed by atoms with Crippen LogP contribution in [0.1, 0.15) is 5.56 Å². The van der Waals surface area contributed by atoms with Crippen LogP contribution in [0.15, 0.2) is 18.2 Å². The molecule has 14 heavy (non-hydrogen) atoms. The van der Waals surface area contributed by atoms with E-state index in [0.717, 1.165) is 11.6 Å². The molecule has 2 nitrogen and oxygen atoms in total. The minimum absolute atomic E-state index is 0.188. The Bertz CT molecular complexity index is 306. The molecule has 0 aliphatic carbocycles. The second kappa shape index (κ2) is 5.90. The number of aliphatic hydroxyl groups is 1. The zero-order valence-corrected chi connectivity index (χ0v) is 10.9. The van der Waals surface area contributed by atoms with Gasteiger partial charge in [0.15, 0.2) is 0 Å². The molecule has 0 fully saturated rings. The van der Waals surface area contributed by atoms with Gasteiger partial charge in [-0.2, -0.15) is 0 Å². The first-order valence-corrected chi connectivity index (χ1v) is 5.82. The van der Waals surface area contributed by atoms with Gasteiger partial charge in [-0.05, 0) is 53.4 Å². The van der Waals surface area contributed by atoms with E-state index in [0.29, 0.717) is 6.54 Å². The summed E-state index contributed by atoms with van der Waals surface area (Å²) in [5, 5.41) is 9.53. The fraction of sp³-hybridized carbons (Fsp3) is 0.400. The van der Waals surface area contributed by atoms with Crippen molar-refractivity contribution in [2.75, 3.05) is 20.2 Å². The number of nitrogens with zero attached hydrogens (tertiary/aromatic N) is 1. The van der Waals surface area contributed by atoms with Crippen LogP contribution < -0.4 is 0 Å². The molecule has 1 aromatic rings. The molecule has 1 rings (SSSR count). The molecule has 0 amide bonds. The molecule has 0 unspecified atom stereocenters. The van der Waals surface area contributed by atoms with Gasteiger partial charge in [0.1, 0.15) is 0 Å². The van der Waals surface area contributed by atoms with Gasteiger partial charge in [0.05, 0.1) is 6.61 Å². The summed E-state index contributed by atoms with van der Waals surface area (Å²) in [5.74, 6) is 0. The Morgan fingerprint density at radius 2 is 2.21 bits per heavy atom.